The summed E-state index contributed by atoms with van der Waals surface area (Å²) in [5.41, 5.74) is -0.734. The summed E-state index contributed by atoms with van der Waals surface area (Å²) in [6, 6.07) is 5.15. The molecule has 0 atom stereocenters. The van der Waals surface area contributed by atoms with E-state index >= 15 is 0 Å². The van der Waals surface area contributed by atoms with Crippen LogP contribution in [0.25, 0.3) is 0 Å². The van der Waals surface area contributed by atoms with Crippen LogP contribution in [0.15, 0.2) is 18.2 Å². The van der Waals surface area contributed by atoms with Gasteiger partial charge in [-0.15, -0.1) is 0 Å². The highest BCUT2D eigenvalue weighted by Gasteiger charge is 2.14. The van der Waals surface area contributed by atoms with Crippen molar-refractivity contribution in [3.63, 3.8) is 0 Å². The number of aromatic carboxylic acids is 1. The van der Waals surface area contributed by atoms with Gasteiger partial charge in [-0.25, -0.2) is 9.18 Å². The molecule has 0 aliphatic heterocycles. The lowest BCUT2D eigenvalue weighted by molar-refractivity contribution is 0.0691. The van der Waals surface area contributed by atoms with Crippen LogP contribution in [0.1, 0.15) is 15.9 Å². The van der Waals surface area contributed by atoms with Crippen molar-refractivity contribution >= 4 is 5.97 Å². The molecule has 0 aromatic heterocycles. The van der Waals surface area contributed by atoms with Crippen LogP contribution >= 0.6 is 0 Å². The maximum atomic E-state index is 12.8. The first-order chi connectivity index (χ1) is 5.66. The summed E-state index contributed by atoms with van der Waals surface area (Å²) in [6.07, 6.45) is 0. The first-order valence-electron chi connectivity index (χ1n) is 3.08. The Morgan fingerprint density at radius 3 is 2.67 bits per heavy atom. The SMILES string of the molecule is N#Cc1cccc(F)c1C(=O)O. The van der Waals surface area contributed by atoms with Gasteiger partial charge in [0.25, 0.3) is 0 Å². The van der Waals surface area contributed by atoms with Crippen molar-refractivity contribution in [1.82, 2.24) is 0 Å². The highest BCUT2D eigenvalue weighted by molar-refractivity contribution is 5.90. The summed E-state index contributed by atoms with van der Waals surface area (Å²) in [5, 5.41) is 16.9. The summed E-state index contributed by atoms with van der Waals surface area (Å²) in [4.78, 5) is 10.4. The first kappa shape index (κ1) is 8.21. The molecule has 12 heavy (non-hydrogen) atoms. The third-order valence-corrected chi connectivity index (χ3v) is 1.35. The smallest absolute Gasteiger partial charge is 0.340 e. The number of nitriles is 1. The van der Waals surface area contributed by atoms with E-state index in [0.29, 0.717) is 0 Å². The third-order valence-electron chi connectivity index (χ3n) is 1.35. The van der Waals surface area contributed by atoms with Gasteiger partial charge in [0.05, 0.1) is 5.56 Å². The van der Waals surface area contributed by atoms with Crippen LogP contribution in [0, 0.1) is 17.1 Å². The minimum atomic E-state index is -1.43. The highest BCUT2D eigenvalue weighted by atomic mass is 19.1. The number of hydrogen-bond acceptors (Lipinski definition) is 2. The van der Waals surface area contributed by atoms with Gasteiger partial charge in [-0.05, 0) is 12.1 Å². The average Bonchev–Trinajstić information content (AvgIpc) is 2.03. The molecule has 0 unspecified atom stereocenters. The van der Waals surface area contributed by atoms with Gasteiger partial charge >= 0.3 is 5.97 Å². The number of benzene rings is 1. The van der Waals surface area contributed by atoms with Crippen molar-refractivity contribution < 1.29 is 14.3 Å². The van der Waals surface area contributed by atoms with E-state index in [4.69, 9.17) is 10.4 Å². The van der Waals surface area contributed by atoms with E-state index in [1.165, 1.54) is 12.1 Å². The zero-order valence-corrected chi connectivity index (χ0v) is 5.91. The fourth-order valence-electron chi connectivity index (χ4n) is 0.835. The van der Waals surface area contributed by atoms with Gasteiger partial charge in [-0.3, -0.25) is 0 Å². The Balaban J connectivity index is 3.42. The first-order valence-corrected chi connectivity index (χ1v) is 3.08. The summed E-state index contributed by atoms with van der Waals surface area (Å²) in [5.74, 6) is -2.31. The second-order valence-electron chi connectivity index (χ2n) is 2.08. The van der Waals surface area contributed by atoms with E-state index < -0.39 is 17.3 Å². The molecule has 0 spiro atoms. The normalized spacial score (nSPS) is 9.00. The molecule has 0 amide bonds. The van der Waals surface area contributed by atoms with Gasteiger partial charge in [-0.1, -0.05) is 6.07 Å². The van der Waals surface area contributed by atoms with Crippen molar-refractivity contribution in [2.24, 2.45) is 0 Å². The molecule has 0 radical (unpaired) electrons. The molecule has 3 nitrogen and oxygen atoms in total. The zero-order chi connectivity index (χ0) is 9.14. The Morgan fingerprint density at radius 1 is 1.58 bits per heavy atom. The minimum Gasteiger partial charge on any atom is -0.478 e. The van der Waals surface area contributed by atoms with E-state index in [9.17, 15) is 9.18 Å². The topological polar surface area (TPSA) is 61.1 Å². The number of halogens is 1. The number of carbonyl (C=O) groups is 1. The van der Waals surface area contributed by atoms with E-state index in [-0.39, 0.29) is 5.56 Å². The van der Waals surface area contributed by atoms with Crippen LogP contribution in [-0.4, -0.2) is 11.1 Å². The zero-order valence-electron chi connectivity index (χ0n) is 5.91. The predicted octanol–water partition coefficient (Wildman–Crippen LogP) is 1.40. The monoisotopic (exact) mass is 165 g/mol. The Bertz CT molecular complexity index is 368. The van der Waals surface area contributed by atoms with E-state index in [1.54, 1.807) is 6.07 Å². The van der Waals surface area contributed by atoms with Gasteiger partial charge in [0.1, 0.15) is 17.4 Å². The second kappa shape index (κ2) is 3.01. The summed E-state index contributed by atoms with van der Waals surface area (Å²) >= 11 is 0. The predicted molar refractivity (Wildman–Crippen MR) is 38.1 cm³/mol. The number of carboxylic acid groups (broad SMARTS) is 1. The molecule has 60 valence electrons. The highest BCUT2D eigenvalue weighted by Crippen LogP contribution is 2.11. The molecule has 0 saturated heterocycles. The molecular formula is C8H4FNO2. The van der Waals surface area contributed by atoms with Crippen LogP contribution < -0.4 is 0 Å². The van der Waals surface area contributed by atoms with E-state index in [0.717, 1.165) is 6.07 Å². The van der Waals surface area contributed by atoms with Crippen molar-refractivity contribution in [3.05, 3.63) is 35.1 Å². The maximum absolute atomic E-state index is 12.8. The van der Waals surface area contributed by atoms with Crippen molar-refractivity contribution in [2.75, 3.05) is 0 Å². The van der Waals surface area contributed by atoms with Gasteiger partial charge < -0.3 is 5.11 Å². The molecule has 1 aromatic carbocycles. The summed E-state index contributed by atoms with van der Waals surface area (Å²) in [7, 11) is 0. The number of hydrogen-bond donors (Lipinski definition) is 1. The maximum Gasteiger partial charge on any atom is 0.340 e. The minimum absolute atomic E-state index is 0.164. The largest absolute Gasteiger partial charge is 0.478 e. The van der Waals surface area contributed by atoms with Gasteiger partial charge in [0.15, 0.2) is 0 Å². The Hall–Kier alpha value is -1.89. The van der Waals surface area contributed by atoms with Crippen LogP contribution in [0.2, 0.25) is 0 Å². The standard InChI is InChI=1S/C8H4FNO2/c9-6-3-1-2-5(4-10)7(6)8(11)12/h1-3H,(H,11,12). The van der Waals surface area contributed by atoms with E-state index in [2.05, 4.69) is 0 Å². The number of nitrogens with zero attached hydrogens (tertiary/aromatic N) is 1. The van der Waals surface area contributed by atoms with Gasteiger partial charge in [0.2, 0.25) is 0 Å². The second-order valence-corrected chi connectivity index (χ2v) is 2.08. The van der Waals surface area contributed by atoms with Crippen LogP contribution in [0.3, 0.4) is 0 Å². The van der Waals surface area contributed by atoms with Gasteiger partial charge in [0, 0.05) is 0 Å². The van der Waals surface area contributed by atoms with Crippen LogP contribution in [-0.2, 0) is 0 Å². The van der Waals surface area contributed by atoms with Crippen LogP contribution in [0.5, 0.6) is 0 Å². The molecule has 0 bridgehead atoms. The average molecular weight is 165 g/mol. The molecule has 1 N–H and O–H groups in total. The third kappa shape index (κ3) is 1.25. The number of rotatable bonds is 1. The van der Waals surface area contributed by atoms with E-state index in [1.807, 2.05) is 0 Å². The Morgan fingerprint density at radius 2 is 2.25 bits per heavy atom. The molecule has 0 fully saturated rings. The molecule has 0 aliphatic rings. The van der Waals surface area contributed by atoms with Crippen molar-refractivity contribution in [1.29, 1.82) is 5.26 Å². The van der Waals surface area contributed by atoms with Crippen LogP contribution in [0.4, 0.5) is 4.39 Å². The molecule has 1 aromatic rings. The lowest BCUT2D eigenvalue weighted by Crippen LogP contribution is -2.03. The van der Waals surface area contributed by atoms with Crippen molar-refractivity contribution in [3.8, 4) is 6.07 Å². The summed E-state index contributed by atoms with van der Waals surface area (Å²) < 4.78 is 12.8. The molecule has 0 aliphatic carbocycles. The fourth-order valence-corrected chi connectivity index (χ4v) is 0.835. The molecular weight excluding hydrogens is 161 g/mol. The van der Waals surface area contributed by atoms with Gasteiger partial charge in [-0.2, -0.15) is 5.26 Å². The molecule has 1 rings (SSSR count). The summed E-state index contributed by atoms with van der Waals surface area (Å²) in [6.45, 7) is 0. The molecule has 0 heterocycles. The Kier molecular flexibility index (Phi) is 2.06. The Labute approximate surface area is 67.7 Å². The lowest BCUT2D eigenvalue weighted by atomic mass is 10.1. The lowest BCUT2D eigenvalue weighted by Gasteiger charge is -1.97. The van der Waals surface area contributed by atoms with Crippen molar-refractivity contribution in [2.45, 2.75) is 0 Å². The fraction of sp³-hybridized carbons (Fsp3) is 0. The number of carboxylic acids is 1. The quantitative estimate of drug-likeness (QED) is 0.684. The molecule has 0 saturated carbocycles. The molecule has 4 heteroatoms.